The van der Waals surface area contributed by atoms with Crippen molar-refractivity contribution < 1.29 is 14.3 Å². The van der Waals surface area contributed by atoms with Crippen LogP contribution in [0.2, 0.25) is 0 Å². The van der Waals surface area contributed by atoms with Gasteiger partial charge in [0.05, 0.1) is 0 Å². The molecular weight excluding hydrogens is 268 g/mol. The minimum atomic E-state index is -0.348. The number of amides is 2. The number of anilines is 1. The molecule has 5 heteroatoms. The molecule has 21 heavy (non-hydrogen) atoms. The predicted octanol–water partition coefficient (Wildman–Crippen LogP) is 2.19. The largest absolute Gasteiger partial charge is 0.368 e. The van der Waals surface area contributed by atoms with Crippen LogP contribution in [-0.4, -0.2) is 31.1 Å². The van der Waals surface area contributed by atoms with Crippen LogP contribution in [0.5, 0.6) is 0 Å². The van der Waals surface area contributed by atoms with Gasteiger partial charge in [-0.2, -0.15) is 0 Å². The lowest BCUT2D eigenvalue weighted by molar-refractivity contribution is -0.124. The molecule has 0 radical (unpaired) electrons. The molecule has 0 aromatic heterocycles. The number of hydrogen-bond donors (Lipinski definition) is 2. The minimum Gasteiger partial charge on any atom is -0.368 e. The van der Waals surface area contributed by atoms with Gasteiger partial charge in [-0.1, -0.05) is 13.8 Å². The van der Waals surface area contributed by atoms with E-state index >= 15 is 0 Å². The molecule has 0 saturated carbocycles. The Kier molecular flexibility index (Phi) is 5.33. The Morgan fingerprint density at radius 3 is 2.57 bits per heavy atom. The van der Waals surface area contributed by atoms with E-state index in [9.17, 15) is 9.59 Å². The summed E-state index contributed by atoms with van der Waals surface area (Å²) in [6.45, 7) is 5.39. The Bertz CT molecular complexity index is 491. The normalized spacial score (nSPS) is 17.8. The third-order valence-electron chi connectivity index (χ3n) is 3.31. The molecule has 1 aromatic rings. The number of carbonyl (C=O) groups is 2. The lowest BCUT2D eigenvalue weighted by Crippen LogP contribution is -2.28. The van der Waals surface area contributed by atoms with Gasteiger partial charge in [0.1, 0.15) is 6.10 Å². The standard InChI is InChI=1S/C16H22N2O3/c1-11(2)10-17-15(19)12-5-7-13(8-6-12)18-16(20)14-4-3-9-21-14/h5-8,11,14H,3-4,9-10H2,1-2H3,(H,17,19)(H,18,20)/t14-/m1/s1. The van der Waals surface area contributed by atoms with Crippen molar-refractivity contribution in [2.75, 3.05) is 18.5 Å². The fourth-order valence-corrected chi connectivity index (χ4v) is 2.11. The highest BCUT2D eigenvalue weighted by atomic mass is 16.5. The van der Waals surface area contributed by atoms with Crippen molar-refractivity contribution >= 4 is 17.5 Å². The second kappa shape index (κ2) is 7.22. The number of rotatable bonds is 5. The van der Waals surface area contributed by atoms with E-state index in [1.807, 2.05) is 13.8 Å². The molecule has 2 amide bonds. The Morgan fingerprint density at radius 1 is 1.29 bits per heavy atom. The summed E-state index contributed by atoms with van der Waals surface area (Å²) in [6, 6.07) is 6.88. The summed E-state index contributed by atoms with van der Waals surface area (Å²) in [4.78, 5) is 23.8. The smallest absolute Gasteiger partial charge is 0.253 e. The van der Waals surface area contributed by atoms with Crippen LogP contribution in [0.25, 0.3) is 0 Å². The average molecular weight is 290 g/mol. The van der Waals surface area contributed by atoms with Crippen LogP contribution in [0.15, 0.2) is 24.3 Å². The Labute approximate surface area is 125 Å². The first kappa shape index (κ1) is 15.5. The third-order valence-corrected chi connectivity index (χ3v) is 3.31. The van der Waals surface area contributed by atoms with E-state index in [4.69, 9.17) is 4.74 Å². The van der Waals surface area contributed by atoms with E-state index in [0.29, 0.717) is 30.3 Å². The van der Waals surface area contributed by atoms with Crippen LogP contribution in [0.4, 0.5) is 5.69 Å². The summed E-state index contributed by atoms with van der Waals surface area (Å²) in [6.07, 6.45) is 1.34. The van der Waals surface area contributed by atoms with Crippen LogP contribution in [0.3, 0.4) is 0 Å². The molecule has 5 nitrogen and oxygen atoms in total. The average Bonchev–Trinajstić information content (AvgIpc) is 3.00. The zero-order valence-corrected chi connectivity index (χ0v) is 12.5. The molecule has 1 aromatic carbocycles. The highest BCUT2D eigenvalue weighted by molar-refractivity contribution is 5.96. The monoisotopic (exact) mass is 290 g/mol. The summed E-state index contributed by atoms with van der Waals surface area (Å²) in [7, 11) is 0. The van der Waals surface area contributed by atoms with E-state index < -0.39 is 0 Å². The van der Waals surface area contributed by atoms with Crippen molar-refractivity contribution in [3.05, 3.63) is 29.8 Å². The zero-order valence-electron chi connectivity index (χ0n) is 12.5. The third kappa shape index (κ3) is 4.56. The van der Waals surface area contributed by atoms with Crippen molar-refractivity contribution in [2.45, 2.75) is 32.8 Å². The molecule has 2 rings (SSSR count). The Morgan fingerprint density at radius 2 is 2.00 bits per heavy atom. The molecule has 1 atom stereocenters. The van der Waals surface area contributed by atoms with Crippen molar-refractivity contribution in [3.63, 3.8) is 0 Å². The Balaban J connectivity index is 1.89. The summed E-state index contributed by atoms with van der Waals surface area (Å²) in [5.74, 6) is 0.198. The Hall–Kier alpha value is -1.88. The molecule has 1 fully saturated rings. The number of hydrogen-bond acceptors (Lipinski definition) is 3. The van der Waals surface area contributed by atoms with Gasteiger partial charge in [-0.3, -0.25) is 9.59 Å². The molecule has 1 heterocycles. The van der Waals surface area contributed by atoms with Gasteiger partial charge in [-0.15, -0.1) is 0 Å². The quantitative estimate of drug-likeness (QED) is 0.873. The topological polar surface area (TPSA) is 67.4 Å². The fourth-order valence-electron chi connectivity index (χ4n) is 2.11. The van der Waals surface area contributed by atoms with E-state index in [1.54, 1.807) is 24.3 Å². The summed E-state index contributed by atoms with van der Waals surface area (Å²) >= 11 is 0. The predicted molar refractivity (Wildman–Crippen MR) is 81.2 cm³/mol. The van der Waals surface area contributed by atoms with Gasteiger partial charge in [0.15, 0.2) is 0 Å². The lowest BCUT2D eigenvalue weighted by atomic mass is 10.1. The summed E-state index contributed by atoms with van der Waals surface area (Å²) in [5.41, 5.74) is 1.27. The molecule has 0 unspecified atom stereocenters. The van der Waals surface area contributed by atoms with Gasteiger partial charge in [0, 0.05) is 24.4 Å². The van der Waals surface area contributed by atoms with Crippen LogP contribution in [0.1, 0.15) is 37.0 Å². The fraction of sp³-hybridized carbons (Fsp3) is 0.500. The second-order valence-corrected chi connectivity index (χ2v) is 5.67. The molecule has 1 aliphatic rings. The highest BCUT2D eigenvalue weighted by Gasteiger charge is 2.23. The van der Waals surface area contributed by atoms with Gasteiger partial charge in [0.25, 0.3) is 11.8 Å². The summed E-state index contributed by atoms with van der Waals surface area (Å²) in [5, 5.41) is 5.66. The number of benzene rings is 1. The second-order valence-electron chi connectivity index (χ2n) is 5.67. The van der Waals surface area contributed by atoms with Gasteiger partial charge >= 0.3 is 0 Å². The number of nitrogens with one attached hydrogen (secondary N) is 2. The van der Waals surface area contributed by atoms with E-state index in [-0.39, 0.29) is 17.9 Å². The maximum absolute atomic E-state index is 11.9. The van der Waals surface area contributed by atoms with Crippen molar-refractivity contribution in [2.24, 2.45) is 5.92 Å². The van der Waals surface area contributed by atoms with Gasteiger partial charge in [0.2, 0.25) is 0 Å². The zero-order chi connectivity index (χ0) is 15.2. The van der Waals surface area contributed by atoms with Crippen molar-refractivity contribution in [1.29, 1.82) is 0 Å². The van der Waals surface area contributed by atoms with Crippen molar-refractivity contribution in [1.82, 2.24) is 5.32 Å². The molecule has 1 aliphatic heterocycles. The molecule has 0 bridgehead atoms. The first-order chi connectivity index (χ1) is 10.1. The van der Waals surface area contributed by atoms with E-state index in [1.165, 1.54) is 0 Å². The molecule has 2 N–H and O–H groups in total. The maximum atomic E-state index is 11.9. The molecule has 114 valence electrons. The van der Waals surface area contributed by atoms with Crippen LogP contribution in [-0.2, 0) is 9.53 Å². The minimum absolute atomic E-state index is 0.0966. The highest BCUT2D eigenvalue weighted by Crippen LogP contribution is 2.15. The molecular formula is C16H22N2O3. The van der Waals surface area contributed by atoms with Gasteiger partial charge < -0.3 is 15.4 Å². The molecule has 0 aliphatic carbocycles. The van der Waals surface area contributed by atoms with Crippen LogP contribution in [0, 0.1) is 5.92 Å². The number of ether oxygens (including phenoxy) is 1. The first-order valence-electron chi connectivity index (χ1n) is 7.37. The summed E-state index contributed by atoms with van der Waals surface area (Å²) < 4.78 is 5.33. The van der Waals surface area contributed by atoms with Crippen LogP contribution >= 0.6 is 0 Å². The van der Waals surface area contributed by atoms with Gasteiger partial charge in [-0.05, 0) is 43.0 Å². The molecule has 0 spiro atoms. The lowest BCUT2D eigenvalue weighted by Gasteiger charge is -2.11. The van der Waals surface area contributed by atoms with E-state index in [2.05, 4.69) is 10.6 Å². The van der Waals surface area contributed by atoms with Gasteiger partial charge in [-0.25, -0.2) is 0 Å². The SMILES string of the molecule is CC(C)CNC(=O)c1ccc(NC(=O)[C@H]2CCCO2)cc1. The van der Waals surface area contributed by atoms with Crippen molar-refractivity contribution in [3.8, 4) is 0 Å². The van der Waals surface area contributed by atoms with Crippen LogP contribution < -0.4 is 10.6 Å². The number of carbonyl (C=O) groups excluding carboxylic acids is 2. The molecule has 1 saturated heterocycles. The maximum Gasteiger partial charge on any atom is 0.253 e. The first-order valence-corrected chi connectivity index (χ1v) is 7.37. The van der Waals surface area contributed by atoms with E-state index in [0.717, 1.165) is 12.8 Å².